The zero-order valence-corrected chi connectivity index (χ0v) is 9.11. The smallest absolute Gasteiger partial charge is 0.226 e. The van der Waals surface area contributed by atoms with Crippen LogP contribution in [0.4, 0.5) is 0 Å². The van der Waals surface area contributed by atoms with Gasteiger partial charge in [-0.05, 0) is 25.2 Å². The second kappa shape index (κ2) is 4.21. The number of nitrogens with one attached hydrogen (secondary N) is 1. The highest BCUT2D eigenvalue weighted by atomic mass is 16.2. The van der Waals surface area contributed by atoms with Crippen molar-refractivity contribution in [3.05, 3.63) is 0 Å². The molecule has 2 fully saturated rings. The van der Waals surface area contributed by atoms with Crippen molar-refractivity contribution in [3.8, 4) is 0 Å². The average Bonchev–Trinajstić information content (AvgIpc) is 2.75. The van der Waals surface area contributed by atoms with Crippen molar-refractivity contribution in [1.29, 1.82) is 0 Å². The van der Waals surface area contributed by atoms with Gasteiger partial charge in [0.15, 0.2) is 0 Å². The third kappa shape index (κ3) is 1.85. The highest BCUT2D eigenvalue weighted by molar-refractivity contribution is 5.80. The van der Waals surface area contributed by atoms with Crippen molar-refractivity contribution < 1.29 is 9.59 Å². The van der Waals surface area contributed by atoms with Gasteiger partial charge >= 0.3 is 0 Å². The molecular weight excluding hydrogens is 192 g/mol. The minimum absolute atomic E-state index is 0.139. The van der Waals surface area contributed by atoms with Crippen LogP contribution in [0, 0.1) is 11.8 Å². The predicted octanol–water partition coefficient (Wildman–Crippen LogP) is 0.379. The van der Waals surface area contributed by atoms with Gasteiger partial charge in [0.05, 0.1) is 0 Å². The third-order valence-corrected chi connectivity index (χ3v) is 3.79. The Morgan fingerprint density at radius 1 is 1.40 bits per heavy atom. The van der Waals surface area contributed by atoms with Crippen LogP contribution >= 0.6 is 0 Å². The fourth-order valence-electron chi connectivity index (χ4n) is 2.59. The van der Waals surface area contributed by atoms with Gasteiger partial charge in [-0.1, -0.05) is 6.92 Å². The lowest BCUT2D eigenvalue weighted by molar-refractivity contribution is -0.141. The quantitative estimate of drug-likeness (QED) is 0.685. The Labute approximate surface area is 90.0 Å². The lowest BCUT2D eigenvalue weighted by Gasteiger charge is -2.42. The van der Waals surface area contributed by atoms with E-state index in [-0.39, 0.29) is 12.0 Å². The van der Waals surface area contributed by atoms with Crippen LogP contribution in [0.15, 0.2) is 0 Å². The Bertz CT molecular complexity index is 261. The summed E-state index contributed by atoms with van der Waals surface area (Å²) in [4.78, 5) is 24.2. The Balaban J connectivity index is 1.85. The Hall–Kier alpha value is -1.06. The second-order valence-corrected chi connectivity index (χ2v) is 4.62. The SMILES string of the molecule is CC1C(NC=O)CC1C(=O)N1CCCC1. The summed E-state index contributed by atoms with van der Waals surface area (Å²) in [6.45, 7) is 3.89. The third-order valence-electron chi connectivity index (χ3n) is 3.79. The molecule has 4 nitrogen and oxygen atoms in total. The molecule has 2 rings (SSSR count). The van der Waals surface area contributed by atoms with Crippen molar-refractivity contribution in [1.82, 2.24) is 10.2 Å². The van der Waals surface area contributed by atoms with Crippen LogP contribution in [0.25, 0.3) is 0 Å². The molecule has 1 aliphatic carbocycles. The minimum Gasteiger partial charge on any atom is -0.356 e. The molecule has 0 bridgehead atoms. The summed E-state index contributed by atoms with van der Waals surface area (Å²) in [5.74, 6) is 0.729. The number of carbonyl (C=O) groups is 2. The van der Waals surface area contributed by atoms with Gasteiger partial charge in [0.25, 0.3) is 0 Å². The average molecular weight is 210 g/mol. The van der Waals surface area contributed by atoms with Gasteiger partial charge in [-0.25, -0.2) is 0 Å². The van der Waals surface area contributed by atoms with E-state index in [1.54, 1.807) is 0 Å². The van der Waals surface area contributed by atoms with E-state index in [0.29, 0.717) is 11.8 Å². The summed E-state index contributed by atoms with van der Waals surface area (Å²) >= 11 is 0. The molecule has 15 heavy (non-hydrogen) atoms. The molecule has 0 aromatic rings. The molecule has 2 amide bonds. The van der Waals surface area contributed by atoms with Gasteiger partial charge in [0, 0.05) is 25.0 Å². The molecule has 84 valence electrons. The van der Waals surface area contributed by atoms with E-state index in [1.807, 2.05) is 11.8 Å². The van der Waals surface area contributed by atoms with Crippen molar-refractivity contribution >= 4 is 12.3 Å². The van der Waals surface area contributed by atoms with Gasteiger partial charge < -0.3 is 10.2 Å². The van der Waals surface area contributed by atoms with Crippen LogP contribution in [0.1, 0.15) is 26.2 Å². The van der Waals surface area contributed by atoms with E-state index in [4.69, 9.17) is 0 Å². The maximum absolute atomic E-state index is 12.0. The van der Waals surface area contributed by atoms with Crippen molar-refractivity contribution in [3.63, 3.8) is 0 Å². The van der Waals surface area contributed by atoms with Crippen LogP contribution in [0.2, 0.25) is 0 Å². The minimum atomic E-state index is 0.139. The normalized spacial score (nSPS) is 34.7. The lowest BCUT2D eigenvalue weighted by Crippen LogP contribution is -2.54. The molecular formula is C11H18N2O2. The summed E-state index contributed by atoms with van der Waals surface area (Å²) in [6, 6.07) is 0.207. The van der Waals surface area contributed by atoms with Gasteiger partial charge in [-0.3, -0.25) is 9.59 Å². The number of carbonyl (C=O) groups excluding carboxylic acids is 2. The number of nitrogens with zero attached hydrogens (tertiary/aromatic N) is 1. The van der Waals surface area contributed by atoms with Crippen LogP contribution in [0.3, 0.4) is 0 Å². The van der Waals surface area contributed by atoms with Crippen molar-refractivity contribution in [2.45, 2.75) is 32.2 Å². The molecule has 0 radical (unpaired) electrons. The monoisotopic (exact) mass is 210 g/mol. The largest absolute Gasteiger partial charge is 0.356 e. The van der Waals surface area contributed by atoms with Crippen molar-refractivity contribution in [2.24, 2.45) is 11.8 Å². The maximum Gasteiger partial charge on any atom is 0.226 e. The zero-order chi connectivity index (χ0) is 10.8. The van der Waals surface area contributed by atoms with E-state index in [0.717, 1.165) is 38.8 Å². The first-order valence-corrected chi connectivity index (χ1v) is 5.72. The van der Waals surface area contributed by atoms with E-state index >= 15 is 0 Å². The Morgan fingerprint density at radius 3 is 2.60 bits per heavy atom. The summed E-state index contributed by atoms with van der Waals surface area (Å²) in [5.41, 5.74) is 0. The number of rotatable bonds is 3. The Morgan fingerprint density at radius 2 is 2.07 bits per heavy atom. The molecule has 3 atom stereocenters. The fourth-order valence-corrected chi connectivity index (χ4v) is 2.59. The van der Waals surface area contributed by atoms with Crippen LogP contribution in [-0.4, -0.2) is 36.3 Å². The maximum atomic E-state index is 12.0. The van der Waals surface area contributed by atoms with Crippen LogP contribution in [0.5, 0.6) is 0 Å². The summed E-state index contributed by atoms with van der Waals surface area (Å²) in [7, 11) is 0. The number of amides is 2. The van der Waals surface area contributed by atoms with Crippen LogP contribution < -0.4 is 5.32 Å². The van der Waals surface area contributed by atoms with Gasteiger partial charge in [-0.15, -0.1) is 0 Å². The molecule has 1 aliphatic heterocycles. The van der Waals surface area contributed by atoms with E-state index in [1.165, 1.54) is 0 Å². The van der Waals surface area contributed by atoms with Gasteiger partial charge in [-0.2, -0.15) is 0 Å². The van der Waals surface area contributed by atoms with Gasteiger partial charge in [0.1, 0.15) is 0 Å². The molecule has 2 aliphatic rings. The first-order valence-electron chi connectivity index (χ1n) is 5.72. The molecule has 1 heterocycles. The molecule has 1 saturated heterocycles. The fraction of sp³-hybridized carbons (Fsp3) is 0.818. The van der Waals surface area contributed by atoms with E-state index in [9.17, 15) is 9.59 Å². The second-order valence-electron chi connectivity index (χ2n) is 4.62. The summed E-state index contributed by atoms with van der Waals surface area (Å²) < 4.78 is 0. The van der Waals surface area contributed by atoms with Crippen molar-refractivity contribution in [2.75, 3.05) is 13.1 Å². The van der Waals surface area contributed by atoms with Gasteiger partial charge in [0.2, 0.25) is 12.3 Å². The van der Waals surface area contributed by atoms with Crippen LogP contribution in [-0.2, 0) is 9.59 Å². The molecule has 0 spiro atoms. The first-order chi connectivity index (χ1) is 7.24. The molecule has 0 aromatic carbocycles. The standard InChI is InChI=1S/C11H18N2O2/c1-8-9(6-10(8)12-7-14)11(15)13-4-2-3-5-13/h7-10H,2-6H2,1H3,(H,12,14). The molecule has 3 unspecified atom stereocenters. The topological polar surface area (TPSA) is 49.4 Å². The molecule has 0 aromatic heterocycles. The Kier molecular flexibility index (Phi) is 2.93. The zero-order valence-electron chi connectivity index (χ0n) is 9.11. The summed E-state index contributed by atoms with van der Waals surface area (Å²) in [5, 5.41) is 2.76. The predicted molar refractivity (Wildman–Crippen MR) is 56.1 cm³/mol. The molecule has 4 heteroatoms. The van der Waals surface area contributed by atoms with E-state index < -0.39 is 0 Å². The number of hydrogen-bond donors (Lipinski definition) is 1. The first kappa shape index (κ1) is 10.5. The summed E-state index contributed by atoms with van der Waals surface area (Å²) in [6.07, 6.45) is 3.83. The highest BCUT2D eigenvalue weighted by Crippen LogP contribution is 2.36. The molecule has 1 N–H and O–H groups in total. The number of hydrogen-bond acceptors (Lipinski definition) is 2. The number of likely N-dealkylation sites (tertiary alicyclic amines) is 1. The highest BCUT2D eigenvalue weighted by Gasteiger charge is 2.43. The lowest BCUT2D eigenvalue weighted by atomic mass is 9.69. The molecule has 1 saturated carbocycles. The van der Waals surface area contributed by atoms with E-state index in [2.05, 4.69) is 5.32 Å².